The quantitative estimate of drug-likeness (QED) is 0.251. The smallest absolute Gasteiger partial charge is 0.433 e. The van der Waals surface area contributed by atoms with Gasteiger partial charge in [-0.05, 0) is 47.9 Å². The first kappa shape index (κ1) is 29.7. The number of nitrogens with zero attached hydrogens (tertiary/aromatic N) is 2. The molecule has 1 saturated heterocycles. The van der Waals surface area contributed by atoms with Crippen LogP contribution in [0.4, 0.5) is 10.5 Å². The molecular weight excluding hydrogens is 480 g/mol. The fourth-order valence-electron chi connectivity index (χ4n) is 5.28. The van der Waals surface area contributed by atoms with Gasteiger partial charge in [-0.15, -0.1) is 0 Å². The number of hydrogen-bond acceptors (Lipinski definition) is 6. The minimum absolute atomic E-state index is 0.0928. The topological polar surface area (TPSA) is 68.3 Å². The van der Waals surface area contributed by atoms with E-state index in [4.69, 9.17) is 14.2 Å². The molecule has 2 aromatic carbocycles. The molecule has 0 spiro atoms. The molecule has 0 N–H and O–H groups in total. The summed E-state index contributed by atoms with van der Waals surface area (Å²) in [5.41, 5.74) is 2.50. The van der Waals surface area contributed by atoms with E-state index < -0.39 is 11.7 Å². The Morgan fingerprint density at radius 2 is 1.55 bits per heavy atom. The van der Waals surface area contributed by atoms with Crippen molar-refractivity contribution in [3.8, 4) is 5.75 Å². The second-order valence-electron chi connectivity index (χ2n) is 10.7. The molecule has 0 saturated carbocycles. The molecular formula is C31H44N2O5. The van der Waals surface area contributed by atoms with Crippen LogP contribution in [0, 0.1) is 0 Å². The molecule has 3 rings (SSSR count). The average Bonchev–Trinajstić information content (AvgIpc) is 2.90. The average molecular weight is 525 g/mol. The van der Waals surface area contributed by atoms with Gasteiger partial charge in [-0.1, -0.05) is 71.0 Å². The van der Waals surface area contributed by atoms with Crippen molar-refractivity contribution in [2.45, 2.75) is 71.3 Å². The highest BCUT2D eigenvalue weighted by Crippen LogP contribution is 2.36. The summed E-state index contributed by atoms with van der Waals surface area (Å²) in [7, 11) is 1.69. The third-order valence-electron chi connectivity index (χ3n) is 7.37. The number of carbonyl (C=O) groups excluding carboxylic acids is 2. The summed E-state index contributed by atoms with van der Waals surface area (Å²) >= 11 is 0. The van der Waals surface area contributed by atoms with E-state index in [1.165, 1.54) is 0 Å². The number of hydrogen-bond donors (Lipinski definition) is 0. The Hall–Kier alpha value is -2.90. The standard InChI is InChI=1S/C31H44N2O5/c1-7-28(34)33(25-12-9-8-10-13-25)31(22-36-6)16-18-32(19-17-31)20-21-37-30(35)38-29-26(23(2)3)14-11-15-27(29)24(4)5/h8-15,23-24H,7,16-22H2,1-6H3. The van der Waals surface area contributed by atoms with Crippen LogP contribution in [-0.4, -0.2) is 62.5 Å². The van der Waals surface area contributed by atoms with Crippen LogP contribution >= 0.6 is 0 Å². The summed E-state index contributed by atoms with van der Waals surface area (Å²) in [5.74, 6) is 1.17. The van der Waals surface area contributed by atoms with Crippen molar-refractivity contribution < 1.29 is 23.8 Å². The van der Waals surface area contributed by atoms with Crippen LogP contribution in [0.1, 0.15) is 76.8 Å². The van der Waals surface area contributed by atoms with Crippen LogP contribution in [-0.2, 0) is 14.3 Å². The summed E-state index contributed by atoms with van der Waals surface area (Å²) < 4.78 is 16.9. The van der Waals surface area contributed by atoms with Crippen molar-refractivity contribution in [2.24, 2.45) is 0 Å². The lowest BCUT2D eigenvalue weighted by Crippen LogP contribution is -2.60. The van der Waals surface area contributed by atoms with Gasteiger partial charge in [-0.3, -0.25) is 9.69 Å². The predicted octanol–water partition coefficient (Wildman–Crippen LogP) is 6.37. The lowest BCUT2D eigenvalue weighted by molar-refractivity contribution is -0.120. The van der Waals surface area contributed by atoms with E-state index in [9.17, 15) is 9.59 Å². The van der Waals surface area contributed by atoms with Gasteiger partial charge in [0.15, 0.2) is 0 Å². The van der Waals surface area contributed by atoms with Crippen molar-refractivity contribution in [3.05, 3.63) is 59.7 Å². The van der Waals surface area contributed by atoms with Crippen molar-refractivity contribution in [1.82, 2.24) is 4.90 Å². The fourth-order valence-corrected chi connectivity index (χ4v) is 5.28. The van der Waals surface area contributed by atoms with Crippen LogP contribution in [0.3, 0.4) is 0 Å². The zero-order valence-electron chi connectivity index (χ0n) is 23.9. The van der Waals surface area contributed by atoms with E-state index >= 15 is 0 Å². The molecule has 1 aliphatic rings. The van der Waals surface area contributed by atoms with Gasteiger partial charge in [-0.2, -0.15) is 0 Å². The zero-order valence-corrected chi connectivity index (χ0v) is 23.9. The van der Waals surface area contributed by atoms with Crippen molar-refractivity contribution in [1.29, 1.82) is 0 Å². The molecule has 0 unspecified atom stereocenters. The molecule has 1 aliphatic heterocycles. The lowest BCUT2D eigenvalue weighted by Gasteiger charge is -2.48. The van der Waals surface area contributed by atoms with Gasteiger partial charge in [0, 0.05) is 38.9 Å². The van der Waals surface area contributed by atoms with Crippen molar-refractivity contribution >= 4 is 17.7 Å². The molecule has 208 valence electrons. The number of benzene rings is 2. The summed E-state index contributed by atoms with van der Waals surface area (Å²) in [5, 5.41) is 0. The van der Waals surface area contributed by atoms with Gasteiger partial charge >= 0.3 is 6.16 Å². The lowest BCUT2D eigenvalue weighted by atomic mass is 9.85. The van der Waals surface area contributed by atoms with Crippen molar-refractivity contribution in [3.63, 3.8) is 0 Å². The normalized spacial score (nSPS) is 15.5. The van der Waals surface area contributed by atoms with Gasteiger partial charge in [0.1, 0.15) is 12.4 Å². The number of methoxy groups -OCH3 is 1. The minimum atomic E-state index is -0.672. The molecule has 7 heteroatoms. The number of ether oxygens (including phenoxy) is 3. The highest BCUT2D eigenvalue weighted by Gasteiger charge is 2.42. The molecule has 38 heavy (non-hydrogen) atoms. The van der Waals surface area contributed by atoms with E-state index in [-0.39, 0.29) is 24.3 Å². The number of amides is 1. The number of piperidine rings is 1. The van der Waals surface area contributed by atoms with Crippen LogP contribution in [0.5, 0.6) is 5.75 Å². The Balaban J connectivity index is 1.60. The van der Waals surface area contributed by atoms with Crippen LogP contribution in [0.25, 0.3) is 0 Å². The number of para-hydroxylation sites is 2. The van der Waals surface area contributed by atoms with Gasteiger partial charge in [-0.25, -0.2) is 4.79 Å². The molecule has 0 atom stereocenters. The van der Waals surface area contributed by atoms with E-state index in [0.717, 1.165) is 42.7 Å². The first-order valence-electron chi connectivity index (χ1n) is 13.8. The maximum Gasteiger partial charge on any atom is 0.513 e. The van der Waals surface area contributed by atoms with E-state index in [1.54, 1.807) is 7.11 Å². The maximum absolute atomic E-state index is 13.1. The van der Waals surface area contributed by atoms with Gasteiger partial charge in [0.25, 0.3) is 0 Å². The first-order valence-corrected chi connectivity index (χ1v) is 13.8. The molecule has 0 aromatic heterocycles. The number of rotatable bonds is 11. The second kappa shape index (κ2) is 13.8. The minimum Gasteiger partial charge on any atom is -0.433 e. The Bertz CT molecular complexity index is 1020. The number of carbonyl (C=O) groups is 2. The Labute approximate surface area is 228 Å². The molecule has 0 radical (unpaired) electrons. The van der Waals surface area contributed by atoms with Gasteiger partial charge < -0.3 is 19.1 Å². The second-order valence-corrected chi connectivity index (χ2v) is 10.7. The molecule has 1 amide bonds. The summed E-state index contributed by atoms with van der Waals surface area (Å²) in [4.78, 5) is 29.9. The number of anilines is 1. The third kappa shape index (κ3) is 7.14. The van der Waals surface area contributed by atoms with Crippen molar-refractivity contribution in [2.75, 3.05) is 44.9 Å². The molecule has 7 nitrogen and oxygen atoms in total. The molecule has 0 bridgehead atoms. The zero-order chi connectivity index (χ0) is 27.7. The Kier molecular flexibility index (Phi) is 10.7. The molecule has 2 aromatic rings. The van der Waals surface area contributed by atoms with E-state index in [0.29, 0.717) is 25.3 Å². The highest BCUT2D eigenvalue weighted by atomic mass is 16.7. The summed E-state index contributed by atoms with van der Waals surface area (Å²) in [6.45, 7) is 13.1. The van der Waals surface area contributed by atoms with Crippen LogP contribution < -0.4 is 9.64 Å². The molecule has 1 heterocycles. The maximum atomic E-state index is 13.1. The van der Waals surface area contributed by atoms with Gasteiger partial charge in [0.2, 0.25) is 5.91 Å². The summed E-state index contributed by atoms with van der Waals surface area (Å²) in [6, 6.07) is 15.9. The summed E-state index contributed by atoms with van der Waals surface area (Å²) in [6.07, 6.45) is 1.30. The highest BCUT2D eigenvalue weighted by molar-refractivity contribution is 5.94. The monoisotopic (exact) mass is 524 g/mol. The molecule has 0 aliphatic carbocycles. The van der Waals surface area contributed by atoms with Crippen LogP contribution in [0.2, 0.25) is 0 Å². The Morgan fingerprint density at radius 3 is 2.08 bits per heavy atom. The SMILES string of the molecule is CCC(=O)N(c1ccccc1)C1(COC)CCN(CCOC(=O)Oc2c(C(C)C)cccc2C(C)C)CC1. The number of likely N-dealkylation sites (tertiary alicyclic amines) is 1. The first-order chi connectivity index (χ1) is 18.2. The Morgan fingerprint density at radius 1 is 0.947 bits per heavy atom. The van der Waals surface area contributed by atoms with E-state index in [2.05, 4.69) is 32.6 Å². The fraction of sp³-hybridized carbons (Fsp3) is 0.548. The third-order valence-corrected chi connectivity index (χ3v) is 7.37. The molecule has 1 fully saturated rings. The van der Waals surface area contributed by atoms with Crippen LogP contribution in [0.15, 0.2) is 48.5 Å². The van der Waals surface area contributed by atoms with Gasteiger partial charge in [0.05, 0.1) is 12.1 Å². The largest absolute Gasteiger partial charge is 0.513 e. The van der Waals surface area contributed by atoms with E-state index in [1.807, 2.05) is 60.4 Å². The predicted molar refractivity (Wildman–Crippen MR) is 151 cm³/mol.